The molecule has 1 unspecified atom stereocenters. The molecule has 0 aliphatic heterocycles. The van der Waals surface area contributed by atoms with Crippen molar-refractivity contribution in [3.63, 3.8) is 0 Å². The first-order chi connectivity index (χ1) is 9.32. The zero-order valence-corrected chi connectivity index (χ0v) is 14.2. The van der Waals surface area contributed by atoms with Gasteiger partial charge in [-0.25, -0.2) is 0 Å². The number of unbranched alkanes of at least 4 members (excludes halogenated alkanes) is 1. The van der Waals surface area contributed by atoms with Crippen molar-refractivity contribution in [1.82, 2.24) is 0 Å². The largest absolute Gasteiger partial charge is 0.330 e. The topological polar surface area (TPSA) is 43.1 Å². The van der Waals surface area contributed by atoms with Crippen LogP contribution in [0.5, 0.6) is 0 Å². The Bertz CT molecular complexity index is 434. The molecule has 0 saturated carbocycles. The van der Waals surface area contributed by atoms with Crippen molar-refractivity contribution in [2.24, 2.45) is 11.1 Å². The van der Waals surface area contributed by atoms with Gasteiger partial charge in [0.1, 0.15) is 0 Å². The van der Waals surface area contributed by atoms with Crippen molar-refractivity contribution in [2.45, 2.75) is 52.7 Å². The Balaban J connectivity index is 2.33. The standard InChI is InChI=1S/C17H29NOS/c1-14-9-15(2)11-16(10-14)12-20(19)8-6-5-7-17(3,4)13-18/h9-11H,5-8,12-13,18H2,1-4H3. The number of benzene rings is 1. The van der Waals surface area contributed by atoms with Crippen LogP contribution in [0.25, 0.3) is 0 Å². The molecular formula is C17H29NOS. The van der Waals surface area contributed by atoms with Gasteiger partial charge in [0.15, 0.2) is 0 Å². The third-order valence-electron chi connectivity index (χ3n) is 3.64. The summed E-state index contributed by atoms with van der Waals surface area (Å²) in [4.78, 5) is 0. The monoisotopic (exact) mass is 295 g/mol. The zero-order valence-electron chi connectivity index (χ0n) is 13.4. The molecule has 0 spiro atoms. The van der Waals surface area contributed by atoms with E-state index < -0.39 is 10.8 Å². The number of nitrogens with two attached hydrogens (primary N) is 1. The molecule has 0 radical (unpaired) electrons. The molecule has 2 N–H and O–H groups in total. The molecule has 0 bridgehead atoms. The van der Waals surface area contributed by atoms with Crippen LogP contribution in [-0.2, 0) is 16.6 Å². The third-order valence-corrected chi connectivity index (χ3v) is 5.04. The summed E-state index contributed by atoms with van der Waals surface area (Å²) in [5.41, 5.74) is 9.64. The van der Waals surface area contributed by atoms with Gasteiger partial charge in [0.2, 0.25) is 0 Å². The predicted molar refractivity (Wildman–Crippen MR) is 89.3 cm³/mol. The molecule has 0 aromatic heterocycles. The van der Waals surface area contributed by atoms with Gasteiger partial charge in [-0.3, -0.25) is 4.21 Å². The van der Waals surface area contributed by atoms with Crippen LogP contribution >= 0.6 is 0 Å². The van der Waals surface area contributed by atoms with Crippen LogP contribution in [0.2, 0.25) is 0 Å². The van der Waals surface area contributed by atoms with Gasteiger partial charge in [-0.15, -0.1) is 0 Å². The van der Waals surface area contributed by atoms with Gasteiger partial charge in [0, 0.05) is 22.3 Å². The average Bonchev–Trinajstić information content (AvgIpc) is 2.33. The van der Waals surface area contributed by atoms with Gasteiger partial charge in [-0.1, -0.05) is 49.6 Å². The maximum atomic E-state index is 12.1. The van der Waals surface area contributed by atoms with Gasteiger partial charge in [0.25, 0.3) is 0 Å². The van der Waals surface area contributed by atoms with E-state index in [0.717, 1.165) is 31.6 Å². The summed E-state index contributed by atoms with van der Waals surface area (Å²) >= 11 is 0. The molecule has 0 heterocycles. The van der Waals surface area contributed by atoms with Gasteiger partial charge < -0.3 is 5.73 Å². The molecule has 2 nitrogen and oxygen atoms in total. The quantitative estimate of drug-likeness (QED) is 0.743. The first-order valence-electron chi connectivity index (χ1n) is 7.44. The molecule has 114 valence electrons. The van der Waals surface area contributed by atoms with E-state index >= 15 is 0 Å². The Labute approximate surface area is 126 Å². The number of hydrogen-bond donors (Lipinski definition) is 1. The molecule has 1 atom stereocenters. The van der Waals surface area contributed by atoms with Crippen molar-refractivity contribution < 1.29 is 4.21 Å². The van der Waals surface area contributed by atoms with Crippen LogP contribution in [0.4, 0.5) is 0 Å². The highest BCUT2D eigenvalue weighted by Crippen LogP contribution is 2.21. The fraction of sp³-hybridized carbons (Fsp3) is 0.647. The van der Waals surface area contributed by atoms with Crippen LogP contribution < -0.4 is 5.73 Å². The summed E-state index contributed by atoms with van der Waals surface area (Å²) in [5.74, 6) is 1.48. The number of aryl methyl sites for hydroxylation is 2. The first-order valence-corrected chi connectivity index (χ1v) is 8.93. The molecule has 0 saturated heterocycles. The van der Waals surface area contributed by atoms with Gasteiger partial charge in [-0.05, 0) is 44.2 Å². The molecule has 0 amide bonds. The molecule has 1 aromatic rings. The second-order valence-corrected chi connectivity index (χ2v) is 8.19. The van der Waals surface area contributed by atoms with Crippen molar-refractivity contribution in [3.05, 3.63) is 34.9 Å². The third kappa shape index (κ3) is 6.67. The normalized spacial score (nSPS) is 13.4. The molecule has 3 heteroatoms. The van der Waals surface area contributed by atoms with E-state index in [0.29, 0.717) is 5.75 Å². The maximum absolute atomic E-state index is 12.1. The van der Waals surface area contributed by atoms with Crippen LogP contribution in [0.1, 0.15) is 49.8 Å². The highest BCUT2D eigenvalue weighted by molar-refractivity contribution is 7.84. The summed E-state index contributed by atoms with van der Waals surface area (Å²) in [5, 5.41) is 0. The Hall–Kier alpha value is -0.670. The molecular weight excluding hydrogens is 266 g/mol. The summed E-state index contributed by atoms with van der Waals surface area (Å²) < 4.78 is 12.1. The highest BCUT2D eigenvalue weighted by atomic mass is 32.2. The lowest BCUT2D eigenvalue weighted by Crippen LogP contribution is -2.23. The van der Waals surface area contributed by atoms with Crippen LogP contribution in [-0.4, -0.2) is 16.5 Å². The number of rotatable bonds is 8. The van der Waals surface area contributed by atoms with Crippen LogP contribution in [0, 0.1) is 19.3 Å². The molecule has 1 rings (SSSR count). The maximum Gasteiger partial charge on any atom is 0.0485 e. The van der Waals surface area contributed by atoms with Crippen molar-refractivity contribution in [1.29, 1.82) is 0 Å². The van der Waals surface area contributed by atoms with Crippen molar-refractivity contribution in [2.75, 3.05) is 12.3 Å². The Morgan fingerprint density at radius 2 is 1.70 bits per heavy atom. The Morgan fingerprint density at radius 1 is 1.10 bits per heavy atom. The second-order valence-electron chi connectivity index (χ2n) is 6.61. The van der Waals surface area contributed by atoms with Crippen molar-refractivity contribution in [3.8, 4) is 0 Å². The molecule has 0 aliphatic rings. The van der Waals surface area contributed by atoms with E-state index in [2.05, 4.69) is 45.9 Å². The lowest BCUT2D eigenvalue weighted by molar-refractivity contribution is 0.336. The fourth-order valence-electron chi connectivity index (χ4n) is 2.38. The van der Waals surface area contributed by atoms with Gasteiger partial charge in [0.05, 0.1) is 0 Å². The van der Waals surface area contributed by atoms with E-state index in [9.17, 15) is 4.21 Å². The predicted octanol–water partition coefficient (Wildman–Crippen LogP) is 3.71. The minimum absolute atomic E-state index is 0.217. The lowest BCUT2D eigenvalue weighted by atomic mass is 9.88. The zero-order chi connectivity index (χ0) is 15.2. The molecule has 1 aromatic carbocycles. The van der Waals surface area contributed by atoms with Gasteiger partial charge >= 0.3 is 0 Å². The van der Waals surface area contributed by atoms with E-state index in [4.69, 9.17) is 5.73 Å². The average molecular weight is 295 g/mol. The highest BCUT2D eigenvalue weighted by Gasteiger charge is 2.14. The minimum atomic E-state index is -0.749. The summed E-state index contributed by atoms with van der Waals surface area (Å²) in [6, 6.07) is 6.44. The van der Waals surface area contributed by atoms with Crippen LogP contribution in [0.3, 0.4) is 0 Å². The molecule has 0 fully saturated rings. The van der Waals surface area contributed by atoms with Gasteiger partial charge in [-0.2, -0.15) is 0 Å². The van der Waals surface area contributed by atoms with E-state index in [1.54, 1.807) is 0 Å². The number of hydrogen-bond acceptors (Lipinski definition) is 2. The summed E-state index contributed by atoms with van der Waals surface area (Å²) in [6.45, 7) is 9.29. The Morgan fingerprint density at radius 3 is 2.25 bits per heavy atom. The fourth-order valence-corrected chi connectivity index (χ4v) is 3.59. The van der Waals surface area contributed by atoms with E-state index in [-0.39, 0.29) is 5.41 Å². The second kappa shape index (κ2) is 7.94. The van der Waals surface area contributed by atoms with Crippen molar-refractivity contribution >= 4 is 10.8 Å². The minimum Gasteiger partial charge on any atom is -0.330 e. The lowest BCUT2D eigenvalue weighted by Gasteiger charge is -2.21. The molecule has 20 heavy (non-hydrogen) atoms. The Kier molecular flexibility index (Phi) is 6.90. The van der Waals surface area contributed by atoms with E-state index in [1.165, 1.54) is 16.7 Å². The first kappa shape index (κ1) is 17.4. The SMILES string of the molecule is Cc1cc(C)cc(CS(=O)CCCCC(C)(C)CN)c1. The summed E-state index contributed by atoms with van der Waals surface area (Å²) in [7, 11) is -0.749. The summed E-state index contributed by atoms with van der Waals surface area (Å²) in [6.07, 6.45) is 3.26. The van der Waals surface area contributed by atoms with E-state index in [1.807, 2.05) is 0 Å². The molecule has 0 aliphatic carbocycles. The van der Waals surface area contributed by atoms with Crippen LogP contribution in [0.15, 0.2) is 18.2 Å². The smallest absolute Gasteiger partial charge is 0.0485 e.